The standard InChI is InChI=1S/C10H7IO/c11-10-7-6-9(12-10)8-4-2-1-3-5-8/h1-7H. The average Bonchev–Trinajstić information content (AvgIpc) is 2.54. The molecule has 12 heavy (non-hydrogen) atoms. The Labute approximate surface area is 84.5 Å². The summed E-state index contributed by atoms with van der Waals surface area (Å²) in [5, 5.41) is 0. The van der Waals surface area contributed by atoms with E-state index in [1.54, 1.807) is 0 Å². The molecular weight excluding hydrogens is 263 g/mol. The molecule has 2 rings (SSSR count). The van der Waals surface area contributed by atoms with Crippen LogP contribution in [0.15, 0.2) is 46.9 Å². The largest absolute Gasteiger partial charge is 0.450 e. The SMILES string of the molecule is Ic1ccc(-c2ccccc2)o1. The Morgan fingerprint density at radius 1 is 0.917 bits per heavy atom. The van der Waals surface area contributed by atoms with Crippen molar-refractivity contribution in [1.82, 2.24) is 0 Å². The number of hydrogen-bond acceptors (Lipinski definition) is 1. The maximum absolute atomic E-state index is 5.46. The van der Waals surface area contributed by atoms with Gasteiger partial charge in [0.05, 0.1) is 0 Å². The van der Waals surface area contributed by atoms with E-state index in [2.05, 4.69) is 22.6 Å². The highest BCUT2D eigenvalue weighted by molar-refractivity contribution is 14.1. The minimum atomic E-state index is 0.923. The van der Waals surface area contributed by atoms with Crippen molar-refractivity contribution in [3.8, 4) is 11.3 Å². The minimum absolute atomic E-state index is 0.923. The van der Waals surface area contributed by atoms with Gasteiger partial charge in [0.1, 0.15) is 5.76 Å². The fourth-order valence-corrected chi connectivity index (χ4v) is 1.49. The summed E-state index contributed by atoms with van der Waals surface area (Å²) in [6, 6.07) is 14.0. The first-order chi connectivity index (χ1) is 5.86. The van der Waals surface area contributed by atoms with E-state index in [0.29, 0.717) is 0 Å². The van der Waals surface area contributed by atoms with Crippen LogP contribution in [-0.4, -0.2) is 0 Å². The molecule has 1 heterocycles. The molecule has 1 aromatic heterocycles. The average molecular weight is 270 g/mol. The topological polar surface area (TPSA) is 13.1 Å². The second-order valence-corrected chi connectivity index (χ2v) is 3.53. The van der Waals surface area contributed by atoms with Crippen molar-refractivity contribution in [3.05, 3.63) is 46.2 Å². The number of hydrogen-bond donors (Lipinski definition) is 0. The molecule has 0 radical (unpaired) electrons. The fourth-order valence-electron chi connectivity index (χ4n) is 1.07. The summed E-state index contributed by atoms with van der Waals surface area (Å²) in [6.07, 6.45) is 0. The molecule has 0 spiro atoms. The third-order valence-electron chi connectivity index (χ3n) is 1.63. The van der Waals surface area contributed by atoms with Crippen LogP contribution in [0.5, 0.6) is 0 Å². The predicted molar refractivity (Wildman–Crippen MR) is 56.9 cm³/mol. The highest BCUT2D eigenvalue weighted by atomic mass is 127. The zero-order chi connectivity index (χ0) is 8.39. The summed E-state index contributed by atoms with van der Waals surface area (Å²) in [4.78, 5) is 0. The first kappa shape index (κ1) is 7.86. The lowest BCUT2D eigenvalue weighted by molar-refractivity contribution is 0.552. The predicted octanol–water partition coefficient (Wildman–Crippen LogP) is 3.55. The van der Waals surface area contributed by atoms with Crippen molar-refractivity contribution >= 4 is 22.6 Å². The zero-order valence-corrected chi connectivity index (χ0v) is 8.49. The summed E-state index contributed by atoms with van der Waals surface area (Å²) < 4.78 is 6.38. The second kappa shape index (κ2) is 3.31. The maximum Gasteiger partial charge on any atom is 0.164 e. The van der Waals surface area contributed by atoms with Crippen molar-refractivity contribution in [3.63, 3.8) is 0 Å². The fraction of sp³-hybridized carbons (Fsp3) is 0. The third kappa shape index (κ3) is 1.53. The lowest BCUT2D eigenvalue weighted by Crippen LogP contribution is -1.69. The molecule has 0 saturated carbocycles. The summed E-state index contributed by atoms with van der Waals surface area (Å²) in [5.41, 5.74) is 1.13. The van der Waals surface area contributed by atoms with Crippen LogP contribution >= 0.6 is 22.6 Å². The van der Waals surface area contributed by atoms with E-state index >= 15 is 0 Å². The molecule has 1 aromatic carbocycles. The Bertz CT molecular complexity index is 364. The quantitative estimate of drug-likeness (QED) is 0.722. The molecule has 2 heteroatoms. The summed E-state index contributed by atoms with van der Waals surface area (Å²) in [6.45, 7) is 0. The lowest BCUT2D eigenvalue weighted by Gasteiger charge is -1.93. The molecule has 0 aliphatic rings. The van der Waals surface area contributed by atoms with Crippen LogP contribution in [0.1, 0.15) is 0 Å². The number of halogens is 1. The Hall–Kier alpha value is -0.770. The van der Waals surface area contributed by atoms with Crippen molar-refractivity contribution in [1.29, 1.82) is 0 Å². The van der Waals surface area contributed by atoms with E-state index in [4.69, 9.17) is 4.42 Å². The van der Waals surface area contributed by atoms with Gasteiger partial charge in [0, 0.05) is 5.56 Å². The normalized spacial score (nSPS) is 10.1. The van der Waals surface area contributed by atoms with Crippen LogP contribution in [0.4, 0.5) is 0 Å². The van der Waals surface area contributed by atoms with Crippen LogP contribution in [0.25, 0.3) is 11.3 Å². The van der Waals surface area contributed by atoms with Crippen LogP contribution in [0, 0.1) is 3.77 Å². The van der Waals surface area contributed by atoms with Crippen LogP contribution in [0.2, 0.25) is 0 Å². The number of rotatable bonds is 1. The smallest absolute Gasteiger partial charge is 0.164 e. The molecule has 0 N–H and O–H groups in total. The van der Waals surface area contributed by atoms with Gasteiger partial charge in [-0.3, -0.25) is 0 Å². The monoisotopic (exact) mass is 270 g/mol. The summed E-state index contributed by atoms with van der Waals surface area (Å²) >= 11 is 2.16. The van der Waals surface area contributed by atoms with Crippen LogP contribution in [0.3, 0.4) is 0 Å². The minimum Gasteiger partial charge on any atom is -0.450 e. The van der Waals surface area contributed by atoms with Gasteiger partial charge in [-0.25, -0.2) is 0 Å². The molecule has 0 bridgehead atoms. The van der Waals surface area contributed by atoms with Gasteiger partial charge in [-0.1, -0.05) is 30.3 Å². The maximum atomic E-state index is 5.46. The van der Waals surface area contributed by atoms with E-state index in [0.717, 1.165) is 15.1 Å². The second-order valence-electron chi connectivity index (χ2n) is 2.47. The highest BCUT2D eigenvalue weighted by Crippen LogP contribution is 2.22. The number of furan rings is 1. The lowest BCUT2D eigenvalue weighted by atomic mass is 10.2. The highest BCUT2D eigenvalue weighted by Gasteiger charge is 2.00. The summed E-state index contributed by atoms with van der Waals surface area (Å²) in [5.74, 6) is 0.931. The molecular formula is C10H7IO. The molecule has 1 nitrogen and oxygen atoms in total. The van der Waals surface area contributed by atoms with Crippen LogP contribution < -0.4 is 0 Å². The summed E-state index contributed by atoms with van der Waals surface area (Å²) in [7, 11) is 0. The van der Waals surface area contributed by atoms with Gasteiger partial charge in [-0.05, 0) is 34.7 Å². The molecule has 0 fully saturated rings. The van der Waals surface area contributed by atoms with E-state index < -0.39 is 0 Å². The first-order valence-electron chi connectivity index (χ1n) is 3.67. The van der Waals surface area contributed by atoms with E-state index in [9.17, 15) is 0 Å². The molecule has 0 amide bonds. The van der Waals surface area contributed by atoms with Gasteiger partial charge in [0.15, 0.2) is 3.77 Å². The first-order valence-corrected chi connectivity index (χ1v) is 4.75. The van der Waals surface area contributed by atoms with Crippen molar-refractivity contribution in [2.24, 2.45) is 0 Å². The number of benzene rings is 1. The Morgan fingerprint density at radius 2 is 1.67 bits per heavy atom. The van der Waals surface area contributed by atoms with Crippen molar-refractivity contribution in [2.45, 2.75) is 0 Å². The van der Waals surface area contributed by atoms with Gasteiger partial charge < -0.3 is 4.42 Å². The Morgan fingerprint density at radius 3 is 2.25 bits per heavy atom. The molecule has 60 valence electrons. The van der Waals surface area contributed by atoms with E-state index in [-0.39, 0.29) is 0 Å². The molecule has 2 aromatic rings. The molecule has 0 saturated heterocycles. The van der Waals surface area contributed by atoms with Gasteiger partial charge in [-0.2, -0.15) is 0 Å². The van der Waals surface area contributed by atoms with Gasteiger partial charge in [0.2, 0.25) is 0 Å². The molecule has 0 aliphatic carbocycles. The van der Waals surface area contributed by atoms with Crippen LogP contribution in [-0.2, 0) is 0 Å². The Balaban J connectivity index is 2.45. The van der Waals surface area contributed by atoms with Gasteiger partial charge >= 0.3 is 0 Å². The third-order valence-corrected chi connectivity index (χ3v) is 2.21. The molecule has 0 aliphatic heterocycles. The van der Waals surface area contributed by atoms with Gasteiger partial charge in [-0.15, -0.1) is 0 Å². The molecule has 0 atom stereocenters. The molecule has 0 unspecified atom stereocenters. The zero-order valence-electron chi connectivity index (χ0n) is 6.33. The Kier molecular flexibility index (Phi) is 2.17. The van der Waals surface area contributed by atoms with Crippen molar-refractivity contribution in [2.75, 3.05) is 0 Å². The van der Waals surface area contributed by atoms with Gasteiger partial charge in [0.25, 0.3) is 0 Å². The van der Waals surface area contributed by atoms with E-state index in [1.807, 2.05) is 42.5 Å². The van der Waals surface area contributed by atoms with Crippen molar-refractivity contribution < 1.29 is 4.42 Å². The van der Waals surface area contributed by atoms with E-state index in [1.165, 1.54) is 0 Å².